The van der Waals surface area contributed by atoms with Crippen molar-refractivity contribution >= 4 is 46.0 Å². The zero-order valence-corrected chi connectivity index (χ0v) is 20.8. The molecule has 3 rings (SSSR count). The Labute approximate surface area is 203 Å². The lowest BCUT2D eigenvalue weighted by Crippen LogP contribution is -2.30. The van der Waals surface area contributed by atoms with E-state index in [0.717, 1.165) is 0 Å². The van der Waals surface area contributed by atoms with E-state index >= 15 is 0 Å². The number of nitrogens with zero attached hydrogens (tertiary/aromatic N) is 4. The van der Waals surface area contributed by atoms with Crippen molar-refractivity contribution in [3.8, 4) is 11.3 Å². The van der Waals surface area contributed by atoms with Gasteiger partial charge in [-0.3, -0.25) is 9.59 Å². The molecule has 1 aromatic heterocycles. The molecule has 0 atom stereocenters. The normalized spacial score (nSPS) is 13.5. The molecule has 1 fully saturated rings. The highest BCUT2D eigenvalue weighted by Crippen LogP contribution is 2.28. The van der Waals surface area contributed by atoms with Crippen LogP contribution < -0.4 is 5.32 Å². The Hall–Kier alpha value is -2.97. The predicted molar refractivity (Wildman–Crippen MR) is 133 cm³/mol. The predicted octanol–water partition coefficient (Wildman–Crippen LogP) is 5.57. The summed E-state index contributed by atoms with van der Waals surface area (Å²) in [6.45, 7) is 13.2. The summed E-state index contributed by atoms with van der Waals surface area (Å²) in [4.78, 5) is 29.7. The molecule has 2 heterocycles. The van der Waals surface area contributed by atoms with Crippen molar-refractivity contribution in [1.82, 2.24) is 20.0 Å². The number of aromatic nitrogens is 2. The molecule has 33 heavy (non-hydrogen) atoms. The lowest BCUT2D eigenvalue weighted by molar-refractivity contribution is -0.118. The van der Waals surface area contributed by atoms with Gasteiger partial charge in [-0.05, 0) is 37.3 Å². The molecule has 7 nitrogen and oxygen atoms in total. The topological polar surface area (TPSA) is 79.6 Å². The van der Waals surface area contributed by atoms with Crippen molar-refractivity contribution in [2.24, 2.45) is 4.99 Å². The minimum atomic E-state index is -0.547. The van der Waals surface area contributed by atoms with Crippen LogP contribution in [-0.4, -0.2) is 44.9 Å². The summed E-state index contributed by atoms with van der Waals surface area (Å²) in [6.07, 6.45) is 3.02. The lowest BCUT2D eigenvalue weighted by atomic mass is 10.1. The molecular weight excluding hydrogens is 468 g/mol. The van der Waals surface area contributed by atoms with Crippen LogP contribution in [0, 0.1) is 5.82 Å². The molecule has 1 N–H and O–H groups in total. The van der Waals surface area contributed by atoms with Crippen LogP contribution in [0.4, 0.5) is 4.39 Å². The van der Waals surface area contributed by atoms with Crippen LogP contribution in [0.1, 0.15) is 45.1 Å². The average Bonchev–Trinajstić information content (AvgIpc) is 3.42. The highest BCUT2D eigenvalue weighted by Gasteiger charge is 2.27. The number of halogens is 3. The Bertz CT molecular complexity index is 1040. The van der Waals surface area contributed by atoms with Crippen LogP contribution in [0.5, 0.6) is 0 Å². The van der Waals surface area contributed by atoms with Crippen molar-refractivity contribution in [3.63, 3.8) is 0 Å². The van der Waals surface area contributed by atoms with Gasteiger partial charge in [0.2, 0.25) is 5.91 Å². The molecule has 0 spiro atoms. The van der Waals surface area contributed by atoms with E-state index in [1.165, 1.54) is 39.9 Å². The first-order valence-electron chi connectivity index (χ1n) is 10.4. The van der Waals surface area contributed by atoms with Gasteiger partial charge in [-0.2, -0.15) is 5.10 Å². The molecule has 1 aliphatic heterocycles. The number of hydrogen-bond donors (Lipinski definition) is 1. The second-order valence-corrected chi connectivity index (χ2v) is 7.10. The third-order valence-corrected chi connectivity index (χ3v) is 4.23. The maximum absolute atomic E-state index is 13.9. The molecule has 0 bridgehead atoms. The summed E-state index contributed by atoms with van der Waals surface area (Å²) in [7, 11) is 0. The van der Waals surface area contributed by atoms with Gasteiger partial charge in [0.1, 0.15) is 17.5 Å². The monoisotopic (exact) mass is 495 g/mol. The van der Waals surface area contributed by atoms with E-state index in [0.29, 0.717) is 11.3 Å². The summed E-state index contributed by atoms with van der Waals surface area (Å²) in [5, 5.41) is 7.29. The summed E-state index contributed by atoms with van der Waals surface area (Å²) < 4.78 is 15.3. The Morgan fingerprint density at radius 2 is 1.91 bits per heavy atom. The summed E-state index contributed by atoms with van der Waals surface area (Å²) in [5.41, 5.74) is 0.798. The number of rotatable bonds is 5. The molecule has 0 unspecified atom stereocenters. The number of carbonyl (C=O) groups is 2. The quantitative estimate of drug-likeness (QED) is 0.435. The third kappa shape index (κ3) is 7.54. The van der Waals surface area contributed by atoms with Crippen molar-refractivity contribution in [1.29, 1.82) is 0 Å². The second-order valence-electron chi connectivity index (χ2n) is 6.12. The van der Waals surface area contributed by atoms with Crippen molar-refractivity contribution in [2.45, 2.75) is 34.6 Å². The number of carbonyl (C=O) groups excluding carboxylic acids is 2. The highest BCUT2D eigenvalue weighted by molar-refractivity contribution is 6.65. The van der Waals surface area contributed by atoms with Crippen molar-refractivity contribution in [3.05, 3.63) is 59.5 Å². The number of amides is 2. The minimum Gasteiger partial charge on any atom is -0.337 e. The first-order valence-corrected chi connectivity index (χ1v) is 11.2. The number of aliphatic imine (C=N–C) groups is 1. The van der Waals surface area contributed by atoms with Gasteiger partial charge >= 0.3 is 0 Å². The van der Waals surface area contributed by atoms with Crippen LogP contribution >= 0.6 is 23.2 Å². The van der Waals surface area contributed by atoms with E-state index in [4.69, 9.17) is 23.2 Å². The molecular formula is C23H28Cl2FN5O2. The van der Waals surface area contributed by atoms with E-state index in [1.807, 2.05) is 27.7 Å². The molecule has 1 aliphatic rings. The van der Waals surface area contributed by atoms with Gasteiger partial charge < -0.3 is 10.2 Å². The largest absolute Gasteiger partial charge is 0.337 e. The molecule has 0 saturated carbocycles. The van der Waals surface area contributed by atoms with Crippen LogP contribution in [0.2, 0.25) is 5.02 Å². The fourth-order valence-corrected chi connectivity index (χ4v) is 3.07. The van der Waals surface area contributed by atoms with Crippen LogP contribution in [-0.2, 0) is 4.79 Å². The minimum absolute atomic E-state index is 0.0503. The molecule has 0 aliphatic carbocycles. The van der Waals surface area contributed by atoms with Gasteiger partial charge in [0.15, 0.2) is 11.5 Å². The molecule has 2 aromatic rings. The zero-order valence-electron chi connectivity index (χ0n) is 19.3. The molecule has 2 amide bonds. The third-order valence-electron chi connectivity index (χ3n) is 3.93. The standard InChI is InChI=1S/C19H16Cl2FN5O2.2C2H6/c1-3-4-17(24-11(2)20)27-16(12-5-13(21)7-14(22)6-12)8-15(25-27)19(29)26-9-18(28)23-10-26;2*1-2/h3-8H,1,9-10H2,2H3,(H,23,28);2*1-2H3/b17-4+,24-11+;;. The van der Waals surface area contributed by atoms with Crippen LogP contribution in [0.15, 0.2) is 48.0 Å². The molecule has 10 heteroatoms. The van der Waals surface area contributed by atoms with Crippen LogP contribution in [0.25, 0.3) is 17.1 Å². The maximum atomic E-state index is 13.9. The van der Waals surface area contributed by atoms with Crippen molar-refractivity contribution in [2.75, 3.05) is 13.2 Å². The Morgan fingerprint density at radius 1 is 1.24 bits per heavy atom. The summed E-state index contributed by atoms with van der Waals surface area (Å²) >= 11 is 11.9. The van der Waals surface area contributed by atoms with E-state index in [9.17, 15) is 14.0 Å². The number of benzene rings is 1. The van der Waals surface area contributed by atoms with Gasteiger partial charge in [-0.25, -0.2) is 14.1 Å². The number of hydrogen-bond acceptors (Lipinski definition) is 4. The SMILES string of the molecule is C=C/C=C(\N=C(/C)Cl)n1nc(C(=O)N2CNC(=O)C2)cc1-c1cc(F)cc(Cl)c1.CC.CC. The van der Waals surface area contributed by atoms with Gasteiger partial charge in [-0.1, -0.05) is 63.6 Å². The number of allylic oxidation sites excluding steroid dienone is 2. The van der Waals surface area contributed by atoms with Gasteiger partial charge in [0.05, 0.1) is 12.4 Å². The van der Waals surface area contributed by atoms with E-state index in [2.05, 4.69) is 22.0 Å². The van der Waals surface area contributed by atoms with E-state index < -0.39 is 11.7 Å². The zero-order chi connectivity index (χ0) is 25.1. The molecule has 1 saturated heterocycles. The average molecular weight is 496 g/mol. The second kappa shape index (κ2) is 13.5. The maximum Gasteiger partial charge on any atom is 0.276 e. The van der Waals surface area contributed by atoms with Gasteiger partial charge in [-0.15, -0.1) is 0 Å². The highest BCUT2D eigenvalue weighted by atomic mass is 35.5. The summed E-state index contributed by atoms with van der Waals surface area (Å²) in [5.74, 6) is -1.01. The van der Waals surface area contributed by atoms with Gasteiger partial charge in [0.25, 0.3) is 5.91 Å². The Balaban J connectivity index is 0.00000129. The molecule has 0 radical (unpaired) electrons. The van der Waals surface area contributed by atoms with E-state index in [1.54, 1.807) is 13.0 Å². The Kier molecular flexibility index (Phi) is 11.5. The molecule has 1 aromatic carbocycles. The first kappa shape index (κ1) is 28.1. The smallest absolute Gasteiger partial charge is 0.276 e. The van der Waals surface area contributed by atoms with E-state index in [-0.39, 0.29) is 40.8 Å². The fourth-order valence-electron chi connectivity index (χ4n) is 2.76. The van der Waals surface area contributed by atoms with Gasteiger partial charge in [0, 0.05) is 10.6 Å². The fraction of sp³-hybridized carbons (Fsp3) is 0.304. The lowest BCUT2D eigenvalue weighted by Gasteiger charge is -2.10. The van der Waals surface area contributed by atoms with Crippen LogP contribution in [0.3, 0.4) is 0 Å². The first-order chi connectivity index (χ1) is 15.8. The summed E-state index contributed by atoms with van der Waals surface area (Å²) in [6, 6.07) is 5.45. The Morgan fingerprint density at radius 3 is 2.42 bits per heavy atom. The molecule has 178 valence electrons. The van der Waals surface area contributed by atoms with Crippen molar-refractivity contribution < 1.29 is 14.0 Å². The number of nitrogens with one attached hydrogen (secondary N) is 1.